The molecule has 2 N–H and O–H groups in total. The molecule has 1 saturated heterocycles. The first-order valence-electron chi connectivity index (χ1n) is 4.80. The van der Waals surface area contributed by atoms with Gasteiger partial charge in [-0.1, -0.05) is 0 Å². The van der Waals surface area contributed by atoms with Crippen molar-refractivity contribution in [3.63, 3.8) is 0 Å². The molecule has 1 aliphatic heterocycles. The Bertz CT molecular complexity index is 266. The SMILES string of the molecule is COCC(CN)N1CCCCS1(=O)=O. The lowest BCUT2D eigenvalue weighted by molar-refractivity contribution is 0.133. The average Bonchev–Trinajstić information content (AvgIpc) is 2.14. The second kappa shape index (κ2) is 5.06. The molecule has 0 aromatic carbocycles. The summed E-state index contributed by atoms with van der Waals surface area (Å²) in [7, 11) is -1.53. The molecule has 1 unspecified atom stereocenters. The molecular formula is C8H18N2O3S. The molecule has 0 aromatic rings. The summed E-state index contributed by atoms with van der Waals surface area (Å²) in [5.41, 5.74) is 5.52. The molecule has 6 heteroatoms. The van der Waals surface area contributed by atoms with E-state index in [1.54, 1.807) is 7.11 Å². The first kappa shape index (κ1) is 11.9. The molecule has 0 radical (unpaired) electrons. The molecule has 1 atom stereocenters. The maximum atomic E-state index is 11.7. The zero-order valence-corrected chi connectivity index (χ0v) is 9.29. The largest absolute Gasteiger partial charge is 0.383 e. The number of nitrogens with two attached hydrogens (primary N) is 1. The minimum absolute atomic E-state index is 0.203. The van der Waals surface area contributed by atoms with Gasteiger partial charge in [-0.3, -0.25) is 0 Å². The van der Waals surface area contributed by atoms with Crippen LogP contribution in [-0.2, 0) is 14.8 Å². The smallest absolute Gasteiger partial charge is 0.214 e. The van der Waals surface area contributed by atoms with Crippen molar-refractivity contribution in [2.45, 2.75) is 18.9 Å². The van der Waals surface area contributed by atoms with E-state index in [1.165, 1.54) is 4.31 Å². The minimum Gasteiger partial charge on any atom is -0.383 e. The number of ether oxygens (including phenoxy) is 1. The maximum absolute atomic E-state index is 11.7. The van der Waals surface area contributed by atoms with Gasteiger partial charge in [0.05, 0.1) is 18.4 Å². The van der Waals surface area contributed by atoms with Gasteiger partial charge in [-0.05, 0) is 12.8 Å². The molecule has 0 aliphatic carbocycles. The number of sulfonamides is 1. The van der Waals surface area contributed by atoms with Crippen molar-refractivity contribution in [1.29, 1.82) is 0 Å². The van der Waals surface area contributed by atoms with Gasteiger partial charge in [0, 0.05) is 20.2 Å². The summed E-state index contributed by atoms with van der Waals surface area (Å²) in [5, 5.41) is 0. The van der Waals surface area contributed by atoms with E-state index in [4.69, 9.17) is 10.5 Å². The van der Waals surface area contributed by atoms with Gasteiger partial charge in [0.1, 0.15) is 0 Å². The summed E-state index contributed by atoms with van der Waals surface area (Å²) in [4.78, 5) is 0. The van der Waals surface area contributed by atoms with Gasteiger partial charge in [0.25, 0.3) is 0 Å². The van der Waals surface area contributed by atoms with Gasteiger partial charge < -0.3 is 10.5 Å². The quantitative estimate of drug-likeness (QED) is 0.688. The van der Waals surface area contributed by atoms with E-state index in [9.17, 15) is 8.42 Å². The van der Waals surface area contributed by atoms with Crippen molar-refractivity contribution in [3.8, 4) is 0 Å². The first-order valence-corrected chi connectivity index (χ1v) is 6.41. The normalized spacial score (nSPS) is 24.7. The van der Waals surface area contributed by atoms with E-state index in [1.807, 2.05) is 0 Å². The first-order chi connectivity index (χ1) is 6.61. The van der Waals surface area contributed by atoms with Gasteiger partial charge in [-0.15, -0.1) is 0 Å². The van der Waals surface area contributed by atoms with Crippen LogP contribution in [0, 0.1) is 0 Å². The highest BCUT2D eigenvalue weighted by atomic mass is 32.2. The number of hydrogen-bond acceptors (Lipinski definition) is 4. The van der Waals surface area contributed by atoms with Crippen LogP contribution in [0.15, 0.2) is 0 Å². The van der Waals surface area contributed by atoms with Crippen LogP contribution in [0.25, 0.3) is 0 Å². The lowest BCUT2D eigenvalue weighted by Crippen LogP contribution is -2.50. The second-order valence-electron chi connectivity index (χ2n) is 3.48. The maximum Gasteiger partial charge on any atom is 0.214 e. The molecule has 1 rings (SSSR count). The predicted octanol–water partition coefficient (Wildman–Crippen LogP) is -0.614. The molecule has 0 amide bonds. The fraction of sp³-hybridized carbons (Fsp3) is 1.00. The van der Waals surface area contributed by atoms with E-state index in [0.29, 0.717) is 19.7 Å². The van der Waals surface area contributed by atoms with E-state index < -0.39 is 10.0 Å². The Labute approximate surface area is 85.3 Å². The van der Waals surface area contributed by atoms with E-state index in [2.05, 4.69) is 0 Å². The average molecular weight is 222 g/mol. The second-order valence-corrected chi connectivity index (χ2v) is 5.52. The Balaban J connectivity index is 2.71. The predicted molar refractivity (Wildman–Crippen MR) is 54.4 cm³/mol. The minimum atomic E-state index is -3.08. The molecule has 0 spiro atoms. The third-order valence-corrected chi connectivity index (χ3v) is 4.43. The summed E-state index contributed by atoms with van der Waals surface area (Å²) in [6.45, 7) is 1.26. The highest BCUT2D eigenvalue weighted by Crippen LogP contribution is 2.16. The van der Waals surface area contributed by atoms with Crippen LogP contribution in [0.3, 0.4) is 0 Å². The molecule has 1 fully saturated rings. The molecule has 84 valence electrons. The fourth-order valence-electron chi connectivity index (χ4n) is 1.68. The summed E-state index contributed by atoms with van der Waals surface area (Å²) < 4.78 is 29.8. The third kappa shape index (κ3) is 2.66. The highest BCUT2D eigenvalue weighted by molar-refractivity contribution is 7.89. The summed E-state index contributed by atoms with van der Waals surface area (Å²) in [6, 6.07) is -0.203. The van der Waals surface area contributed by atoms with Crippen LogP contribution < -0.4 is 5.73 Å². The zero-order valence-electron chi connectivity index (χ0n) is 8.48. The lowest BCUT2D eigenvalue weighted by atomic mass is 10.2. The number of methoxy groups -OCH3 is 1. The van der Waals surface area contributed by atoms with Crippen LogP contribution in [0.4, 0.5) is 0 Å². The van der Waals surface area contributed by atoms with E-state index in [0.717, 1.165) is 12.8 Å². The van der Waals surface area contributed by atoms with Gasteiger partial charge >= 0.3 is 0 Å². The van der Waals surface area contributed by atoms with Crippen molar-refractivity contribution in [1.82, 2.24) is 4.31 Å². The van der Waals surface area contributed by atoms with Crippen LogP contribution >= 0.6 is 0 Å². The zero-order chi connectivity index (χ0) is 10.6. The van der Waals surface area contributed by atoms with Gasteiger partial charge in [-0.2, -0.15) is 4.31 Å². The Morgan fingerprint density at radius 2 is 2.21 bits per heavy atom. The Morgan fingerprint density at radius 3 is 2.71 bits per heavy atom. The molecule has 5 nitrogen and oxygen atoms in total. The molecule has 1 aliphatic rings. The third-order valence-electron chi connectivity index (χ3n) is 2.43. The van der Waals surface area contributed by atoms with Crippen molar-refractivity contribution >= 4 is 10.0 Å². The molecular weight excluding hydrogens is 204 g/mol. The Morgan fingerprint density at radius 1 is 1.50 bits per heavy atom. The molecule has 0 bridgehead atoms. The fourth-order valence-corrected chi connectivity index (χ4v) is 3.49. The van der Waals surface area contributed by atoms with Gasteiger partial charge in [0.2, 0.25) is 10.0 Å². The van der Waals surface area contributed by atoms with Crippen molar-refractivity contribution < 1.29 is 13.2 Å². The Hall–Kier alpha value is -0.170. The topological polar surface area (TPSA) is 72.6 Å². The molecule has 14 heavy (non-hydrogen) atoms. The van der Waals surface area contributed by atoms with Gasteiger partial charge in [0.15, 0.2) is 0 Å². The summed E-state index contributed by atoms with van der Waals surface area (Å²) in [5.74, 6) is 0.243. The standard InChI is InChI=1S/C8H18N2O3S/c1-13-7-8(6-9)10-4-2-3-5-14(10,11)12/h8H,2-7,9H2,1H3. The van der Waals surface area contributed by atoms with Gasteiger partial charge in [-0.25, -0.2) is 8.42 Å². The van der Waals surface area contributed by atoms with Crippen LogP contribution in [-0.4, -0.2) is 51.3 Å². The Kier molecular flexibility index (Phi) is 4.31. The lowest BCUT2D eigenvalue weighted by Gasteiger charge is -2.32. The number of hydrogen-bond donors (Lipinski definition) is 1. The number of rotatable bonds is 4. The molecule has 0 aromatic heterocycles. The van der Waals surface area contributed by atoms with Crippen LogP contribution in [0.1, 0.15) is 12.8 Å². The molecule has 0 saturated carbocycles. The molecule has 1 heterocycles. The van der Waals surface area contributed by atoms with Crippen molar-refractivity contribution in [3.05, 3.63) is 0 Å². The summed E-state index contributed by atoms with van der Waals surface area (Å²) in [6.07, 6.45) is 1.67. The monoisotopic (exact) mass is 222 g/mol. The van der Waals surface area contributed by atoms with E-state index >= 15 is 0 Å². The highest BCUT2D eigenvalue weighted by Gasteiger charge is 2.31. The van der Waals surface area contributed by atoms with Crippen LogP contribution in [0.2, 0.25) is 0 Å². The van der Waals surface area contributed by atoms with Crippen molar-refractivity contribution in [2.75, 3.05) is 32.6 Å². The van der Waals surface area contributed by atoms with Crippen molar-refractivity contribution in [2.24, 2.45) is 5.73 Å². The summed E-state index contributed by atoms with van der Waals surface area (Å²) >= 11 is 0. The van der Waals surface area contributed by atoms with E-state index in [-0.39, 0.29) is 11.8 Å². The number of nitrogens with zero attached hydrogens (tertiary/aromatic N) is 1. The van der Waals surface area contributed by atoms with Crippen LogP contribution in [0.5, 0.6) is 0 Å².